The van der Waals surface area contributed by atoms with Gasteiger partial charge in [-0.2, -0.15) is 0 Å². The van der Waals surface area contributed by atoms with Crippen LogP contribution in [0.5, 0.6) is 0 Å². The molecular formula is C96H78BBrN10O2. The number of hydrogen-bond acceptors (Lipinski definition) is 12. The highest BCUT2D eigenvalue weighted by molar-refractivity contribution is 9.10. The van der Waals surface area contributed by atoms with Gasteiger partial charge < -0.3 is 9.31 Å². The highest BCUT2D eigenvalue weighted by Gasteiger charge is 2.51. The molecule has 0 N–H and O–H groups in total. The van der Waals surface area contributed by atoms with Gasteiger partial charge in [0.2, 0.25) is 0 Å². The number of hydrogen-bond donors (Lipinski definition) is 0. The lowest BCUT2D eigenvalue weighted by Gasteiger charge is -2.32. The number of rotatable bonds is 14. The minimum atomic E-state index is -0.339. The molecule has 12 nitrogen and oxygen atoms in total. The Hall–Kier alpha value is -12.7. The Labute approximate surface area is 651 Å². The molecule has 0 radical (unpaired) electrons. The topological polar surface area (TPSA) is 147 Å². The third-order valence-corrected chi connectivity index (χ3v) is 20.2. The molecule has 0 unspecified atom stereocenters. The van der Waals surface area contributed by atoms with Crippen molar-refractivity contribution in [3.05, 3.63) is 355 Å². The molecule has 1 saturated heterocycles. The zero-order chi connectivity index (χ0) is 75.7. The lowest BCUT2D eigenvalue weighted by atomic mass is 9.79. The Kier molecular flexibility index (Phi) is 21.4. The van der Waals surface area contributed by atoms with Crippen molar-refractivity contribution in [3.63, 3.8) is 0 Å². The maximum absolute atomic E-state index is 6.08. The summed E-state index contributed by atoms with van der Waals surface area (Å²) >= 11 is 3.52. The van der Waals surface area contributed by atoms with E-state index in [0.717, 1.165) is 122 Å². The molecule has 1 aliphatic heterocycles. The summed E-state index contributed by atoms with van der Waals surface area (Å²) in [6.45, 7) is 16.2. The average Bonchev–Trinajstić information content (AvgIpc) is 1.52. The molecule has 0 aliphatic carbocycles. The van der Waals surface area contributed by atoms with Crippen LogP contribution in [0.15, 0.2) is 332 Å². The fourth-order valence-corrected chi connectivity index (χ4v) is 13.3. The zero-order valence-corrected chi connectivity index (χ0v) is 64.0. The van der Waals surface area contributed by atoms with Gasteiger partial charge in [-0.1, -0.05) is 319 Å². The first-order valence-electron chi connectivity index (χ1n) is 36.7. The van der Waals surface area contributed by atoms with Gasteiger partial charge in [-0.15, -0.1) is 0 Å². The van der Waals surface area contributed by atoms with E-state index < -0.39 is 0 Å². The van der Waals surface area contributed by atoms with Crippen molar-refractivity contribution in [1.29, 1.82) is 0 Å². The number of benzene rings is 12. The maximum Gasteiger partial charge on any atom is 0.494 e. The molecule has 14 heteroatoms. The summed E-state index contributed by atoms with van der Waals surface area (Å²) in [5.74, 6) is 5.32. The smallest absolute Gasteiger partial charge is 0.399 e. The van der Waals surface area contributed by atoms with Crippen LogP contribution in [0, 0.1) is 27.7 Å². The van der Waals surface area contributed by atoms with Crippen LogP contribution in [0.4, 0.5) is 0 Å². The van der Waals surface area contributed by atoms with Gasteiger partial charge >= 0.3 is 7.12 Å². The molecule has 0 spiro atoms. The second-order valence-corrected chi connectivity index (χ2v) is 29.1. The molecule has 5 heterocycles. The van der Waals surface area contributed by atoms with Gasteiger partial charge in [-0.3, -0.25) is 0 Å². The monoisotopic (exact) mass is 1490 g/mol. The Bertz CT molecular complexity index is 5570. The molecule has 0 amide bonds. The molecule has 534 valence electrons. The van der Waals surface area contributed by atoms with Gasteiger partial charge in [0, 0.05) is 71.8 Å². The summed E-state index contributed by atoms with van der Waals surface area (Å²) in [4.78, 5) is 47.8. The minimum absolute atomic E-state index is 0.326. The summed E-state index contributed by atoms with van der Waals surface area (Å²) in [5, 5.41) is 0. The summed E-state index contributed by atoms with van der Waals surface area (Å²) < 4.78 is 13.2. The van der Waals surface area contributed by atoms with Crippen LogP contribution in [-0.2, 0) is 9.31 Å². The number of nitrogens with zero attached hydrogens (tertiary/aromatic N) is 10. The Morgan fingerprint density at radius 3 is 0.582 bits per heavy atom. The van der Waals surface area contributed by atoms with E-state index >= 15 is 0 Å². The van der Waals surface area contributed by atoms with Gasteiger partial charge in [0.05, 0.1) is 11.2 Å². The van der Waals surface area contributed by atoms with Crippen molar-refractivity contribution in [2.45, 2.75) is 66.6 Å². The lowest BCUT2D eigenvalue weighted by Crippen LogP contribution is -2.41. The number of aromatic nitrogens is 10. The molecule has 1 fully saturated rings. The van der Waals surface area contributed by atoms with E-state index in [4.69, 9.17) is 39.2 Å². The highest BCUT2D eigenvalue weighted by atomic mass is 79.9. The molecule has 4 aromatic heterocycles. The molecule has 17 rings (SSSR count). The summed E-state index contributed by atoms with van der Waals surface area (Å²) in [6, 6.07) is 112. The molecule has 110 heavy (non-hydrogen) atoms. The molecule has 0 bridgehead atoms. The van der Waals surface area contributed by atoms with Crippen LogP contribution in [0.3, 0.4) is 0 Å². The van der Waals surface area contributed by atoms with E-state index in [1.165, 1.54) is 22.3 Å². The Morgan fingerprint density at radius 1 is 0.209 bits per heavy atom. The van der Waals surface area contributed by atoms with Crippen LogP contribution >= 0.6 is 15.9 Å². The largest absolute Gasteiger partial charge is 0.494 e. The Morgan fingerprint density at radius 2 is 0.373 bits per heavy atom. The van der Waals surface area contributed by atoms with Crippen LogP contribution in [-0.4, -0.2) is 68.2 Å². The first kappa shape index (κ1) is 72.8. The van der Waals surface area contributed by atoms with Crippen molar-refractivity contribution >= 4 is 28.5 Å². The quantitative estimate of drug-likeness (QED) is 0.0955. The molecule has 0 atom stereocenters. The standard InChI is InChI=1S/C45H33N5.C33H22BrN3.C18H23BN2O2/c1-30-29-31(2)47-42(46-30)38-21-17-36(18-22-38)37-19-27-41(28-20-37)45-49-43(39-23-13-34(14-24-39)32-9-5-3-6-10-32)48-44(50-45)40-25-15-35(16-26-40)33-11-7-4-8-12-33;34-30-21-19-29(20-22-30)33-36-31(27-15-11-25(12-16-27)23-7-3-1-4-8-23)35-32(37-33)28-17-13-26(14-18-28)24-9-5-2-6-10-24;1-12-11-13(2)21-16(20-12)14-7-9-15(10-8-14)19-22-17(3,4)18(5,6)23-19/h3-29H,1-2H3;1-22H;7-11H,1-6H3. The van der Waals surface area contributed by atoms with Crippen LogP contribution in [0.2, 0.25) is 0 Å². The number of halogens is 1. The molecule has 0 saturated carbocycles. The van der Waals surface area contributed by atoms with Gasteiger partial charge in [0.1, 0.15) is 0 Å². The van der Waals surface area contributed by atoms with Gasteiger partial charge in [-0.05, 0) is 141 Å². The van der Waals surface area contributed by atoms with Gasteiger partial charge in [0.15, 0.2) is 46.6 Å². The summed E-state index contributed by atoms with van der Waals surface area (Å²) in [5.41, 5.74) is 23.3. The SMILES string of the molecule is Brc1ccc(-c2nc(-c3ccc(-c4ccccc4)cc3)nc(-c3ccc(-c4ccccc4)cc3)n2)cc1.Cc1cc(C)nc(-c2ccc(-c3ccc(-c4nc(-c5ccc(-c6ccccc6)cc5)nc(-c5ccc(-c6ccccc6)cc5)n4)cc3)cc2)n1.Cc1cc(C)nc(-c2ccc(B3OC(C)(C)C(C)(C)O3)cc2)n1. The van der Waals surface area contributed by atoms with E-state index in [1.54, 1.807) is 0 Å². The van der Waals surface area contributed by atoms with Crippen molar-refractivity contribution in [2.24, 2.45) is 0 Å². The zero-order valence-electron chi connectivity index (χ0n) is 62.4. The highest BCUT2D eigenvalue weighted by Crippen LogP contribution is 2.38. The molecular weight excluding hydrogens is 1420 g/mol. The van der Waals surface area contributed by atoms with E-state index in [1.807, 2.05) is 113 Å². The predicted octanol–water partition coefficient (Wildman–Crippen LogP) is 23.0. The van der Waals surface area contributed by atoms with E-state index in [0.29, 0.717) is 34.9 Å². The first-order chi connectivity index (χ1) is 53.5. The first-order valence-corrected chi connectivity index (χ1v) is 37.5. The second kappa shape index (κ2) is 32.4. The summed E-state index contributed by atoms with van der Waals surface area (Å²) in [6.07, 6.45) is 0. The lowest BCUT2D eigenvalue weighted by molar-refractivity contribution is 0.00578. The predicted molar refractivity (Wildman–Crippen MR) is 450 cm³/mol. The van der Waals surface area contributed by atoms with Crippen LogP contribution in [0.25, 0.3) is 147 Å². The van der Waals surface area contributed by atoms with Crippen LogP contribution < -0.4 is 5.46 Å². The van der Waals surface area contributed by atoms with E-state index in [9.17, 15) is 0 Å². The fourth-order valence-electron chi connectivity index (χ4n) is 13.0. The van der Waals surface area contributed by atoms with Crippen LogP contribution in [0.1, 0.15) is 50.5 Å². The molecule has 16 aromatic rings. The van der Waals surface area contributed by atoms with Crippen molar-refractivity contribution in [1.82, 2.24) is 49.8 Å². The summed E-state index contributed by atoms with van der Waals surface area (Å²) in [7, 11) is -0.339. The second-order valence-electron chi connectivity index (χ2n) is 28.2. The Balaban J connectivity index is 0.000000140. The van der Waals surface area contributed by atoms with Crippen molar-refractivity contribution in [3.8, 4) is 147 Å². The van der Waals surface area contributed by atoms with Gasteiger partial charge in [0.25, 0.3) is 0 Å². The third kappa shape index (κ3) is 17.1. The van der Waals surface area contributed by atoms with Gasteiger partial charge in [-0.25, -0.2) is 49.8 Å². The molecule has 1 aliphatic rings. The van der Waals surface area contributed by atoms with E-state index in [-0.39, 0.29) is 18.3 Å². The normalized spacial score (nSPS) is 12.6. The third-order valence-electron chi connectivity index (χ3n) is 19.7. The fraction of sp³-hybridized carbons (Fsp3) is 0.104. The van der Waals surface area contributed by atoms with Crippen molar-refractivity contribution in [2.75, 3.05) is 0 Å². The van der Waals surface area contributed by atoms with E-state index in [2.05, 4.69) is 306 Å². The van der Waals surface area contributed by atoms with Crippen molar-refractivity contribution < 1.29 is 9.31 Å². The minimum Gasteiger partial charge on any atom is -0.399 e. The average molecular weight is 1490 g/mol. The molecule has 12 aromatic carbocycles. The maximum atomic E-state index is 6.08. The number of aryl methyl sites for hydroxylation is 4.